The van der Waals surface area contributed by atoms with Crippen molar-refractivity contribution < 1.29 is 9.53 Å². The maximum atomic E-state index is 12.3. The molecule has 0 spiro atoms. The first-order valence-electron chi connectivity index (χ1n) is 6.55. The Labute approximate surface area is 115 Å². The van der Waals surface area contributed by atoms with Crippen molar-refractivity contribution in [3.05, 3.63) is 29.8 Å². The molecule has 0 bridgehead atoms. The molecule has 0 aromatic heterocycles. The topological polar surface area (TPSA) is 55.6 Å². The molecule has 1 rings (SSSR count). The van der Waals surface area contributed by atoms with Crippen LogP contribution in [0, 0.1) is 5.92 Å². The highest BCUT2D eigenvalue weighted by Crippen LogP contribution is 2.28. The van der Waals surface area contributed by atoms with E-state index >= 15 is 0 Å². The van der Waals surface area contributed by atoms with Crippen LogP contribution in [0.5, 0.6) is 5.75 Å². The van der Waals surface area contributed by atoms with Gasteiger partial charge in [0.2, 0.25) is 5.91 Å². The molecule has 2 N–H and O–H groups in total. The lowest BCUT2D eigenvalue weighted by Crippen LogP contribution is -2.45. The molecule has 0 saturated heterocycles. The second kappa shape index (κ2) is 6.57. The number of carbonyl (C=O) groups is 1. The van der Waals surface area contributed by atoms with E-state index in [9.17, 15) is 4.79 Å². The average Bonchev–Trinajstić information content (AvgIpc) is 2.43. The van der Waals surface area contributed by atoms with Gasteiger partial charge in [0.1, 0.15) is 5.75 Å². The van der Waals surface area contributed by atoms with Crippen molar-refractivity contribution in [1.82, 2.24) is 4.90 Å². The number of rotatable bonds is 5. The lowest BCUT2D eigenvalue weighted by Gasteiger charge is -2.30. The fraction of sp³-hybridized carbons (Fsp3) is 0.533. The first kappa shape index (κ1) is 15.5. The zero-order valence-corrected chi connectivity index (χ0v) is 12.4. The van der Waals surface area contributed by atoms with Gasteiger partial charge in [-0.2, -0.15) is 0 Å². The van der Waals surface area contributed by atoms with Crippen LogP contribution in [0.1, 0.15) is 32.4 Å². The number of nitrogens with two attached hydrogens (primary N) is 1. The van der Waals surface area contributed by atoms with Gasteiger partial charge in [0, 0.05) is 12.6 Å². The number of hydrogen-bond acceptors (Lipinski definition) is 3. The summed E-state index contributed by atoms with van der Waals surface area (Å²) in [6.45, 7) is 5.87. The van der Waals surface area contributed by atoms with Crippen molar-refractivity contribution in [3.63, 3.8) is 0 Å². The van der Waals surface area contributed by atoms with E-state index in [1.807, 2.05) is 45.0 Å². The number of para-hydroxylation sites is 1. The van der Waals surface area contributed by atoms with Crippen LogP contribution in [-0.2, 0) is 4.79 Å². The van der Waals surface area contributed by atoms with Crippen LogP contribution < -0.4 is 10.5 Å². The Hall–Kier alpha value is -1.55. The standard InChI is InChI=1S/C15H24N2O2/c1-10(2)14(16)15(18)17(4)11(3)12-8-6-7-9-13(12)19-5/h6-11,14H,16H2,1-5H3/t11?,14-/m0/s1. The van der Waals surface area contributed by atoms with Crippen molar-refractivity contribution in [2.75, 3.05) is 14.2 Å². The molecule has 4 nitrogen and oxygen atoms in total. The van der Waals surface area contributed by atoms with Gasteiger partial charge in [0.05, 0.1) is 19.2 Å². The van der Waals surface area contributed by atoms with Gasteiger partial charge >= 0.3 is 0 Å². The Morgan fingerprint density at radius 3 is 2.37 bits per heavy atom. The smallest absolute Gasteiger partial charge is 0.239 e. The zero-order valence-electron chi connectivity index (χ0n) is 12.4. The van der Waals surface area contributed by atoms with Gasteiger partial charge in [-0.05, 0) is 18.9 Å². The van der Waals surface area contributed by atoms with Gasteiger partial charge in [-0.1, -0.05) is 32.0 Å². The minimum absolute atomic E-state index is 0.0478. The van der Waals surface area contributed by atoms with Gasteiger partial charge in [-0.25, -0.2) is 0 Å². The molecule has 1 amide bonds. The highest BCUT2D eigenvalue weighted by molar-refractivity contribution is 5.82. The summed E-state index contributed by atoms with van der Waals surface area (Å²) in [5.74, 6) is 0.862. The lowest BCUT2D eigenvalue weighted by molar-refractivity contribution is -0.134. The number of carbonyl (C=O) groups excluding carboxylic acids is 1. The minimum Gasteiger partial charge on any atom is -0.496 e. The fourth-order valence-electron chi connectivity index (χ4n) is 1.93. The number of nitrogens with zero attached hydrogens (tertiary/aromatic N) is 1. The van der Waals surface area contributed by atoms with Gasteiger partial charge in [-0.15, -0.1) is 0 Å². The lowest BCUT2D eigenvalue weighted by atomic mass is 10.0. The van der Waals surface area contributed by atoms with E-state index in [0.29, 0.717) is 0 Å². The molecule has 106 valence electrons. The second-order valence-corrected chi connectivity index (χ2v) is 5.14. The van der Waals surface area contributed by atoms with E-state index in [0.717, 1.165) is 11.3 Å². The molecule has 0 aliphatic carbocycles. The molecule has 0 aliphatic heterocycles. The maximum absolute atomic E-state index is 12.3. The average molecular weight is 264 g/mol. The Morgan fingerprint density at radius 2 is 1.84 bits per heavy atom. The van der Waals surface area contributed by atoms with E-state index < -0.39 is 6.04 Å². The van der Waals surface area contributed by atoms with Crippen LogP contribution in [0.2, 0.25) is 0 Å². The largest absolute Gasteiger partial charge is 0.496 e. The zero-order chi connectivity index (χ0) is 14.6. The van der Waals surface area contributed by atoms with Crippen LogP contribution in [-0.4, -0.2) is 31.0 Å². The Kier molecular flexibility index (Phi) is 5.36. The molecular weight excluding hydrogens is 240 g/mol. The highest BCUT2D eigenvalue weighted by atomic mass is 16.5. The van der Waals surface area contributed by atoms with E-state index in [1.165, 1.54) is 0 Å². The Balaban J connectivity index is 2.93. The summed E-state index contributed by atoms with van der Waals surface area (Å²) in [4.78, 5) is 13.9. The molecule has 1 aromatic rings. The maximum Gasteiger partial charge on any atom is 0.239 e. The fourth-order valence-corrected chi connectivity index (χ4v) is 1.93. The molecule has 1 unspecified atom stereocenters. The summed E-state index contributed by atoms with van der Waals surface area (Å²) in [6, 6.07) is 7.17. The molecule has 0 radical (unpaired) electrons. The first-order valence-corrected chi connectivity index (χ1v) is 6.55. The Bertz CT molecular complexity index is 432. The van der Waals surface area contributed by atoms with Crippen molar-refractivity contribution in [2.45, 2.75) is 32.9 Å². The van der Waals surface area contributed by atoms with Gasteiger partial charge in [0.25, 0.3) is 0 Å². The number of benzene rings is 1. The molecular formula is C15H24N2O2. The Morgan fingerprint density at radius 1 is 1.26 bits per heavy atom. The summed E-state index contributed by atoms with van der Waals surface area (Å²) in [5, 5.41) is 0. The molecule has 2 atom stereocenters. The second-order valence-electron chi connectivity index (χ2n) is 5.14. The van der Waals surface area contributed by atoms with Crippen molar-refractivity contribution in [2.24, 2.45) is 11.7 Å². The third kappa shape index (κ3) is 3.47. The summed E-state index contributed by atoms with van der Waals surface area (Å²) >= 11 is 0. The number of ether oxygens (including phenoxy) is 1. The van der Waals surface area contributed by atoms with Crippen LogP contribution in [0.3, 0.4) is 0 Å². The van der Waals surface area contributed by atoms with Crippen LogP contribution in [0.15, 0.2) is 24.3 Å². The number of methoxy groups -OCH3 is 1. The number of hydrogen-bond donors (Lipinski definition) is 1. The van der Waals surface area contributed by atoms with E-state index in [4.69, 9.17) is 10.5 Å². The normalized spacial score (nSPS) is 14.1. The third-order valence-corrected chi connectivity index (χ3v) is 3.52. The molecule has 0 fully saturated rings. The predicted octanol–water partition coefficient (Wildman–Crippen LogP) is 2.20. The summed E-state index contributed by atoms with van der Waals surface area (Å²) in [5.41, 5.74) is 6.91. The summed E-state index contributed by atoms with van der Waals surface area (Å²) in [7, 11) is 3.41. The van der Waals surface area contributed by atoms with Gasteiger partial charge in [0.15, 0.2) is 0 Å². The summed E-state index contributed by atoms with van der Waals surface area (Å²) in [6.07, 6.45) is 0. The summed E-state index contributed by atoms with van der Waals surface area (Å²) < 4.78 is 5.34. The van der Waals surface area contributed by atoms with Crippen LogP contribution >= 0.6 is 0 Å². The molecule has 1 aromatic carbocycles. The van der Waals surface area contributed by atoms with E-state index in [1.54, 1.807) is 19.1 Å². The van der Waals surface area contributed by atoms with Crippen molar-refractivity contribution in [3.8, 4) is 5.75 Å². The van der Waals surface area contributed by atoms with E-state index in [-0.39, 0.29) is 17.9 Å². The molecule has 19 heavy (non-hydrogen) atoms. The number of amides is 1. The highest BCUT2D eigenvalue weighted by Gasteiger charge is 2.26. The van der Waals surface area contributed by atoms with Crippen molar-refractivity contribution in [1.29, 1.82) is 0 Å². The van der Waals surface area contributed by atoms with Gasteiger partial charge < -0.3 is 15.4 Å². The van der Waals surface area contributed by atoms with Crippen LogP contribution in [0.4, 0.5) is 0 Å². The van der Waals surface area contributed by atoms with Gasteiger partial charge in [-0.3, -0.25) is 4.79 Å². The van der Waals surface area contributed by atoms with Crippen molar-refractivity contribution >= 4 is 5.91 Å². The monoisotopic (exact) mass is 264 g/mol. The third-order valence-electron chi connectivity index (χ3n) is 3.52. The first-order chi connectivity index (χ1) is 8.90. The SMILES string of the molecule is COc1ccccc1C(C)N(C)C(=O)[C@@H](N)C(C)C. The predicted molar refractivity (Wildman–Crippen MR) is 77.0 cm³/mol. The molecule has 4 heteroatoms. The molecule has 0 saturated carbocycles. The number of likely N-dealkylation sites (N-methyl/N-ethyl adjacent to an activating group) is 1. The molecule has 0 aliphatic rings. The van der Waals surface area contributed by atoms with Crippen LogP contribution in [0.25, 0.3) is 0 Å². The minimum atomic E-state index is -0.470. The molecule has 0 heterocycles. The quantitative estimate of drug-likeness (QED) is 0.887. The van der Waals surface area contributed by atoms with E-state index in [2.05, 4.69) is 0 Å².